The Morgan fingerprint density at radius 3 is 2.62 bits per heavy atom. The van der Waals surface area contributed by atoms with Crippen LogP contribution < -0.4 is 0 Å². The van der Waals surface area contributed by atoms with Gasteiger partial charge in [-0.3, -0.25) is 4.79 Å². The Balaban J connectivity index is 3.56. The van der Waals surface area contributed by atoms with Gasteiger partial charge >= 0.3 is 0 Å². The second kappa shape index (κ2) is 3.34. The molecule has 0 radical (unpaired) electrons. The molecule has 1 aromatic carbocycles. The third kappa shape index (κ3) is 1.65. The van der Waals surface area contributed by atoms with Gasteiger partial charge in [-0.1, -0.05) is 11.6 Å². The van der Waals surface area contributed by atoms with E-state index in [1.54, 1.807) is 0 Å². The summed E-state index contributed by atoms with van der Waals surface area (Å²) in [4.78, 5) is 10.9. The standard InChI is InChI=1S/C9H8ClFO2/c1-4-3-6(10)9(13)7(5(2)12)8(4)11/h3,13H,1-2H3. The van der Waals surface area contributed by atoms with Gasteiger partial charge in [0.1, 0.15) is 11.6 Å². The normalized spacial score (nSPS) is 10.2. The summed E-state index contributed by atoms with van der Waals surface area (Å²) in [5, 5.41) is 9.27. The molecule has 0 fully saturated rings. The molecule has 0 aromatic heterocycles. The van der Waals surface area contributed by atoms with Gasteiger partial charge in [0.05, 0.1) is 10.6 Å². The molecule has 1 aromatic rings. The van der Waals surface area contributed by atoms with Crippen molar-refractivity contribution >= 4 is 17.4 Å². The summed E-state index contributed by atoms with van der Waals surface area (Å²) in [5.74, 6) is -1.74. The largest absolute Gasteiger partial charge is 0.506 e. The fraction of sp³-hybridized carbons (Fsp3) is 0.222. The van der Waals surface area contributed by atoms with Gasteiger partial charge < -0.3 is 5.11 Å². The summed E-state index contributed by atoms with van der Waals surface area (Å²) in [6.45, 7) is 2.65. The van der Waals surface area contributed by atoms with Crippen LogP contribution in [0, 0.1) is 12.7 Å². The zero-order chi connectivity index (χ0) is 10.2. The van der Waals surface area contributed by atoms with Crippen LogP contribution in [0.5, 0.6) is 5.75 Å². The lowest BCUT2D eigenvalue weighted by atomic mass is 10.1. The maximum atomic E-state index is 13.3. The lowest BCUT2D eigenvalue weighted by molar-refractivity contribution is 0.101. The van der Waals surface area contributed by atoms with E-state index in [4.69, 9.17) is 11.6 Å². The van der Waals surface area contributed by atoms with Crippen LogP contribution >= 0.6 is 11.6 Å². The first-order valence-corrected chi connectivity index (χ1v) is 4.01. The molecular weight excluding hydrogens is 195 g/mol. The van der Waals surface area contributed by atoms with E-state index in [2.05, 4.69) is 0 Å². The first-order chi connectivity index (χ1) is 5.95. The quantitative estimate of drug-likeness (QED) is 0.711. The molecule has 0 saturated carbocycles. The summed E-state index contributed by atoms with van der Waals surface area (Å²) >= 11 is 5.57. The van der Waals surface area contributed by atoms with Crippen molar-refractivity contribution < 1.29 is 14.3 Å². The van der Waals surface area contributed by atoms with Gasteiger partial charge in [0, 0.05) is 0 Å². The molecule has 4 heteroatoms. The van der Waals surface area contributed by atoms with Gasteiger partial charge in [-0.2, -0.15) is 0 Å². The van der Waals surface area contributed by atoms with Crippen molar-refractivity contribution in [1.82, 2.24) is 0 Å². The second-order valence-corrected chi connectivity index (χ2v) is 3.18. The molecule has 0 aliphatic heterocycles. The van der Waals surface area contributed by atoms with E-state index < -0.39 is 17.3 Å². The van der Waals surface area contributed by atoms with Crippen molar-refractivity contribution in [2.75, 3.05) is 0 Å². The van der Waals surface area contributed by atoms with Crippen molar-refractivity contribution in [2.45, 2.75) is 13.8 Å². The van der Waals surface area contributed by atoms with E-state index in [0.717, 1.165) is 0 Å². The molecule has 0 aliphatic rings. The molecule has 13 heavy (non-hydrogen) atoms. The maximum absolute atomic E-state index is 13.3. The molecule has 0 amide bonds. The smallest absolute Gasteiger partial charge is 0.166 e. The number of hydrogen-bond donors (Lipinski definition) is 1. The minimum Gasteiger partial charge on any atom is -0.506 e. The minimum atomic E-state index is -0.714. The Kier molecular flexibility index (Phi) is 2.57. The molecular formula is C9H8ClFO2. The summed E-state index contributed by atoms with van der Waals surface area (Å²) in [5.41, 5.74) is -0.0991. The number of phenolic OH excluding ortho intramolecular Hbond substituents is 1. The number of halogens is 2. The molecule has 1 rings (SSSR count). The first-order valence-electron chi connectivity index (χ1n) is 3.63. The molecule has 0 heterocycles. The van der Waals surface area contributed by atoms with Crippen LogP contribution in [0.2, 0.25) is 5.02 Å². The number of aromatic hydroxyl groups is 1. The molecule has 70 valence electrons. The van der Waals surface area contributed by atoms with E-state index >= 15 is 0 Å². The van der Waals surface area contributed by atoms with Crippen molar-refractivity contribution in [3.63, 3.8) is 0 Å². The molecule has 0 aliphatic carbocycles. The fourth-order valence-corrected chi connectivity index (χ4v) is 1.32. The van der Waals surface area contributed by atoms with E-state index in [-0.39, 0.29) is 16.1 Å². The predicted molar refractivity (Wildman–Crippen MR) is 47.8 cm³/mol. The molecule has 2 nitrogen and oxygen atoms in total. The Hall–Kier alpha value is -1.09. The Morgan fingerprint density at radius 1 is 1.62 bits per heavy atom. The number of carbonyl (C=O) groups excluding carboxylic acids is 1. The number of carbonyl (C=O) groups is 1. The van der Waals surface area contributed by atoms with Crippen molar-refractivity contribution in [3.05, 3.63) is 28.0 Å². The first kappa shape index (κ1) is 9.99. The number of ketones is 1. The van der Waals surface area contributed by atoms with E-state index in [9.17, 15) is 14.3 Å². The number of rotatable bonds is 1. The van der Waals surface area contributed by atoms with Crippen LogP contribution in [0.3, 0.4) is 0 Å². The summed E-state index contributed by atoms with van der Waals surface area (Å²) in [6.07, 6.45) is 0. The zero-order valence-electron chi connectivity index (χ0n) is 7.19. The SMILES string of the molecule is CC(=O)c1c(O)c(Cl)cc(C)c1F. The summed E-state index contributed by atoms with van der Waals surface area (Å²) in [7, 11) is 0. The highest BCUT2D eigenvalue weighted by Gasteiger charge is 2.18. The van der Waals surface area contributed by atoms with E-state index in [0.29, 0.717) is 0 Å². The topological polar surface area (TPSA) is 37.3 Å². The predicted octanol–water partition coefficient (Wildman–Crippen LogP) is 2.70. The third-order valence-electron chi connectivity index (χ3n) is 1.72. The fourth-order valence-electron chi connectivity index (χ4n) is 1.06. The van der Waals surface area contributed by atoms with Crippen LogP contribution in [0.15, 0.2) is 6.07 Å². The zero-order valence-corrected chi connectivity index (χ0v) is 7.94. The lowest BCUT2D eigenvalue weighted by Crippen LogP contribution is -2.00. The highest BCUT2D eigenvalue weighted by atomic mass is 35.5. The average molecular weight is 203 g/mol. The summed E-state index contributed by atoms with van der Waals surface area (Å²) < 4.78 is 13.3. The Labute approximate surface area is 80.0 Å². The average Bonchev–Trinajstić information content (AvgIpc) is 2.01. The summed E-state index contributed by atoms with van der Waals surface area (Å²) in [6, 6.07) is 1.28. The van der Waals surface area contributed by atoms with Gasteiger partial charge in [-0.25, -0.2) is 4.39 Å². The van der Waals surface area contributed by atoms with Gasteiger partial charge in [-0.15, -0.1) is 0 Å². The highest BCUT2D eigenvalue weighted by molar-refractivity contribution is 6.32. The maximum Gasteiger partial charge on any atom is 0.166 e. The van der Waals surface area contributed by atoms with Gasteiger partial charge in [0.2, 0.25) is 0 Å². The number of hydrogen-bond acceptors (Lipinski definition) is 2. The van der Waals surface area contributed by atoms with Crippen LogP contribution in [0.1, 0.15) is 22.8 Å². The molecule has 0 unspecified atom stereocenters. The van der Waals surface area contributed by atoms with Gasteiger partial charge in [-0.05, 0) is 25.5 Å². The number of phenols is 1. The monoisotopic (exact) mass is 202 g/mol. The van der Waals surface area contributed by atoms with Crippen molar-refractivity contribution in [1.29, 1.82) is 0 Å². The second-order valence-electron chi connectivity index (χ2n) is 2.77. The Bertz CT molecular complexity index is 348. The third-order valence-corrected chi connectivity index (χ3v) is 2.01. The molecule has 0 atom stereocenters. The lowest BCUT2D eigenvalue weighted by Gasteiger charge is -2.06. The van der Waals surface area contributed by atoms with E-state index in [1.807, 2.05) is 0 Å². The van der Waals surface area contributed by atoms with E-state index in [1.165, 1.54) is 19.9 Å². The minimum absolute atomic E-state index is 0.0101. The number of aryl methyl sites for hydroxylation is 1. The van der Waals surface area contributed by atoms with Crippen LogP contribution in [-0.4, -0.2) is 10.9 Å². The molecule has 1 N–H and O–H groups in total. The van der Waals surface area contributed by atoms with Crippen LogP contribution in [-0.2, 0) is 0 Å². The van der Waals surface area contributed by atoms with Gasteiger partial charge in [0.25, 0.3) is 0 Å². The van der Waals surface area contributed by atoms with Crippen molar-refractivity contribution in [3.8, 4) is 5.75 Å². The number of Topliss-reactive ketones (excluding diaryl/α,β-unsaturated/α-hetero) is 1. The van der Waals surface area contributed by atoms with Crippen LogP contribution in [0.25, 0.3) is 0 Å². The molecule has 0 spiro atoms. The highest BCUT2D eigenvalue weighted by Crippen LogP contribution is 2.31. The molecule has 0 bridgehead atoms. The van der Waals surface area contributed by atoms with Gasteiger partial charge in [0.15, 0.2) is 5.78 Å². The Morgan fingerprint density at radius 2 is 2.15 bits per heavy atom. The molecule has 0 saturated heterocycles. The van der Waals surface area contributed by atoms with Crippen LogP contribution in [0.4, 0.5) is 4.39 Å². The number of benzene rings is 1. The van der Waals surface area contributed by atoms with Crippen molar-refractivity contribution in [2.24, 2.45) is 0 Å².